The Kier molecular flexibility index (Phi) is 1.97. The van der Waals surface area contributed by atoms with Crippen LogP contribution in [0.5, 0.6) is 0 Å². The summed E-state index contributed by atoms with van der Waals surface area (Å²) in [5, 5.41) is 4.49. The maximum Gasteiger partial charge on any atom is 0.252 e. The maximum atomic E-state index is 5.77. The Labute approximate surface area is 93.7 Å². The molecule has 5 heteroatoms. The molecule has 2 aromatic rings. The van der Waals surface area contributed by atoms with Gasteiger partial charge in [-0.15, -0.1) is 5.10 Å². The predicted octanol–water partition coefficient (Wildman–Crippen LogP) is 0.677. The van der Waals surface area contributed by atoms with Crippen LogP contribution >= 0.6 is 0 Å². The number of hydrogen-bond acceptors (Lipinski definition) is 4. The lowest BCUT2D eigenvalue weighted by molar-refractivity contribution is 0.647. The average Bonchev–Trinajstić information content (AvgIpc) is 3.01. The topological polar surface area (TPSA) is 69.1 Å². The van der Waals surface area contributed by atoms with Gasteiger partial charge in [-0.25, -0.2) is 9.50 Å². The summed E-state index contributed by atoms with van der Waals surface area (Å²) in [6.45, 7) is 2.73. The van der Waals surface area contributed by atoms with Gasteiger partial charge in [-0.3, -0.25) is 0 Å². The summed E-state index contributed by atoms with van der Waals surface area (Å²) in [7, 11) is 0. The second kappa shape index (κ2) is 3.25. The molecule has 1 aliphatic rings. The van der Waals surface area contributed by atoms with Gasteiger partial charge in [0.15, 0.2) is 5.82 Å². The van der Waals surface area contributed by atoms with Crippen LogP contribution in [0.4, 0.5) is 0 Å². The van der Waals surface area contributed by atoms with Crippen LogP contribution in [0.15, 0.2) is 12.4 Å². The zero-order valence-electron chi connectivity index (χ0n) is 9.35. The van der Waals surface area contributed by atoms with Crippen LogP contribution in [0.3, 0.4) is 0 Å². The van der Waals surface area contributed by atoms with Crippen LogP contribution in [-0.2, 0) is 11.8 Å². The van der Waals surface area contributed by atoms with E-state index in [0.717, 1.165) is 25.1 Å². The van der Waals surface area contributed by atoms with Crippen LogP contribution in [0.2, 0.25) is 0 Å². The second-order valence-corrected chi connectivity index (χ2v) is 4.48. The first kappa shape index (κ1) is 9.72. The summed E-state index contributed by atoms with van der Waals surface area (Å²) in [6, 6.07) is 0. The van der Waals surface area contributed by atoms with Crippen molar-refractivity contribution in [1.82, 2.24) is 19.6 Å². The number of aryl methyl sites for hydroxylation is 1. The van der Waals surface area contributed by atoms with Crippen LogP contribution in [-0.4, -0.2) is 26.1 Å². The van der Waals surface area contributed by atoms with Gasteiger partial charge in [-0.2, -0.15) is 4.98 Å². The van der Waals surface area contributed by atoms with Crippen molar-refractivity contribution in [3.05, 3.63) is 23.8 Å². The number of fused-ring (bicyclic) bond motifs is 1. The highest BCUT2D eigenvalue weighted by Crippen LogP contribution is 2.45. The van der Waals surface area contributed by atoms with Gasteiger partial charge in [0.25, 0.3) is 5.78 Å². The van der Waals surface area contributed by atoms with E-state index in [4.69, 9.17) is 5.73 Å². The molecule has 0 atom stereocenters. The summed E-state index contributed by atoms with van der Waals surface area (Å²) in [5.41, 5.74) is 6.98. The zero-order chi connectivity index (χ0) is 11.2. The molecule has 2 aromatic heterocycles. The van der Waals surface area contributed by atoms with Gasteiger partial charge in [0.2, 0.25) is 0 Å². The van der Waals surface area contributed by atoms with Crippen LogP contribution < -0.4 is 5.73 Å². The fraction of sp³-hybridized carbons (Fsp3) is 0.545. The predicted molar refractivity (Wildman–Crippen MR) is 60.1 cm³/mol. The van der Waals surface area contributed by atoms with Gasteiger partial charge in [0.1, 0.15) is 0 Å². The van der Waals surface area contributed by atoms with E-state index in [1.807, 2.05) is 12.4 Å². The molecule has 3 rings (SSSR count). The first-order valence-corrected chi connectivity index (χ1v) is 5.69. The van der Waals surface area contributed by atoms with E-state index >= 15 is 0 Å². The van der Waals surface area contributed by atoms with E-state index in [-0.39, 0.29) is 5.41 Å². The molecular weight excluding hydrogens is 202 g/mol. The molecule has 0 spiro atoms. The Bertz CT molecular complexity index is 526. The number of nitrogens with two attached hydrogens (primary N) is 1. The summed E-state index contributed by atoms with van der Waals surface area (Å²) in [5.74, 6) is 1.53. The quantitative estimate of drug-likeness (QED) is 0.820. The van der Waals surface area contributed by atoms with Crippen LogP contribution in [0.1, 0.15) is 31.2 Å². The summed E-state index contributed by atoms with van der Waals surface area (Å²) in [4.78, 5) is 8.75. The van der Waals surface area contributed by atoms with Crippen LogP contribution in [0.25, 0.3) is 5.78 Å². The molecule has 0 radical (unpaired) electrons. The first-order chi connectivity index (χ1) is 7.77. The third-order valence-corrected chi connectivity index (χ3v) is 3.37. The molecule has 1 fully saturated rings. The average molecular weight is 217 g/mol. The van der Waals surface area contributed by atoms with Gasteiger partial charge in [0.05, 0.1) is 0 Å². The van der Waals surface area contributed by atoms with E-state index in [1.54, 1.807) is 4.52 Å². The zero-order valence-corrected chi connectivity index (χ0v) is 9.35. The van der Waals surface area contributed by atoms with E-state index in [1.165, 1.54) is 5.56 Å². The molecule has 84 valence electrons. The molecule has 1 aliphatic carbocycles. The van der Waals surface area contributed by atoms with Gasteiger partial charge in [-0.1, -0.05) is 6.92 Å². The number of aromatic nitrogens is 4. The van der Waals surface area contributed by atoms with Crippen molar-refractivity contribution in [2.24, 2.45) is 5.73 Å². The third kappa shape index (κ3) is 1.31. The molecule has 2 heterocycles. The van der Waals surface area contributed by atoms with E-state index in [0.29, 0.717) is 12.3 Å². The standard InChI is InChI=1S/C11H15N5/c1-2-8-5-13-10-14-9(15-16(10)6-8)11(7-12)3-4-11/h5-6H,2-4,7,12H2,1H3. The molecule has 0 unspecified atom stereocenters. The molecular formula is C11H15N5. The lowest BCUT2D eigenvalue weighted by Crippen LogP contribution is -2.21. The summed E-state index contributed by atoms with van der Waals surface area (Å²) < 4.78 is 1.77. The molecule has 0 amide bonds. The minimum absolute atomic E-state index is 0.0417. The van der Waals surface area contributed by atoms with Crippen molar-refractivity contribution in [3.8, 4) is 0 Å². The highest BCUT2D eigenvalue weighted by Gasteiger charge is 2.46. The van der Waals surface area contributed by atoms with Crippen molar-refractivity contribution in [2.45, 2.75) is 31.6 Å². The molecule has 16 heavy (non-hydrogen) atoms. The first-order valence-electron chi connectivity index (χ1n) is 5.69. The molecule has 2 N–H and O–H groups in total. The monoisotopic (exact) mass is 217 g/mol. The minimum atomic E-state index is 0.0417. The number of nitrogens with zero attached hydrogens (tertiary/aromatic N) is 4. The van der Waals surface area contributed by atoms with Crippen molar-refractivity contribution < 1.29 is 0 Å². The van der Waals surface area contributed by atoms with Gasteiger partial charge < -0.3 is 5.73 Å². The lowest BCUT2D eigenvalue weighted by Gasteiger charge is -2.04. The Morgan fingerprint density at radius 2 is 2.31 bits per heavy atom. The number of rotatable bonds is 3. The fourth-order valence-electron chi connectivity index (χ4n) is 1.90. The molecule has 5 nitrogen and oxygen atoms in total. The normalized spacial score (nSPS) is 17.9. The van der Waals surface area contributed by atoms with E-state index in [2.05, 4.69) is 22.0 Å². The highest BCUT2D eigenvalue weighted by atomic mass is 15.3. The van der Waals surface area contributed by atoms with E-state index < -0.39 is 0 Å². The smallest absolute Gasteiger partial charge is 0.252 e. The highest BCUT2D eigenvalue weighted by molar-refractivity contribution is 5.32. The van der Waals surface area contributed by atoms with Crippen molar-refractivity contribution >= 4 is 5.78 Å². The van der Waals surface area contributed by atoms with Gasteiger partial charge in [0, 0.05) is 24.4 Å². The van der Waals surface area contributed by atoms with Crippen LogP contribution in [0, 0.1) is 0 Å². The molecule has 0 aliphatic heterocycles. The fourth-order valence-corrected chi connectivity index (χ4v) is 1.90. The summed E-state index contributed by atoms with van der Waals surface area (Å²) in [6.07, 6.45) is 7.00. The van der Waals surface area contributed by atoms with Crippen molar-refractivity contribution in [1.29, 1.82) is 0 Å². The molecule has 1 saturated carbocycles. The minimum Gasteiger partial charge on any atom is -0.329 e. The second-order valence-electron chi connectivity index (χ2n) is 4.48. The van der Waals surface area contributed by atoms with Crippen molar-refractivity contribution in [2.75, 3.05) is 6.54 Å². The third-order valence-electron chi connectivity index (χ3n) is 3.37. The Morgan fingerprint density at radius 1 is 1.50 bits per heavy atom. The summed E-state index contributed by atoms with van der Waals surface area (Å²) >= 11 is 0. The van der Waals surface area contributed by atoms with Crippen molar-refractivity contribution in [3.63, 3.8) is 0 Å². The largest absolute Gasteiger partial charge is 0.329 e. The molecule has 0 bridgehead atoms. The Morgan fingerprint density at radius 3 is 2.94 bits per heavy atom. The van der Waals surface area contributed by atoms with Gasteiger partial charge in [-0.05, 0) is 24.8 Å². The maximum absolute atomic E-state index is 5.77. The SMILES string of the molecule is CCc1cnc2nc(C3(CN)CC3)nn2c1. The Balaban J connectivity index is 2.09. The van der Waals surface area contributed by atoms with Gasteiger partial charge >= 0.3 is 0 Å². The van der Waals surface area contributed by atoms with E-state index in [9.17, 15) is 0 Å². The number of hydrogen-bond donors (Lipinski definition) is 1. The molecule has 0 aromatic carbocycles. The lowest BCUT2D eigenvalue weighted by atomic mass is 10.1. The molecule has 0 saturated heterocycles. The Hall–Kier alpha value is -1.49.